The van der Waals surface area contributed by atoms with Crippen molar-refractivity contribution in [3.63, 3.8) is 0 Å². The molecule has 0 aliphatic heterocycles. The molecule has 0 bridgehead atoms. The number of hydrogen-bond donors (Lipinski definition) is 1. The van der Waals surface area contributed by atoms with Crippen molar-refractivity contribution in [3.05, 3.63) is 53.6 Å². The van der Waals surface area contributed by atoms with Crippen LogP contribution in [0.25, 0.3) is 0 Å². The van der Waals surface area contributed by atoms with Gasteiger partial charge in [0.15, 0.2) is 0 Å². The molecule has 19 heavy (non-hydrogen) atoms. The van der Waals surface area contributed by atoms with Crippen LogP contribution in [0, 0.1) is 0 Å². The number of benzene rings is 2. The van der Waals surface area contributed by atoms with Crippen molar-refractivity contribution in [3.8, 4) is 0 Å². The first-order valence-electron chi connectivity index (χ1n) is 5.52. The summed E-state index contributed by atoms with van der Waals surface area (Å²) >= 11 is 5.82. The summed E-state index contributed by atoms with van der Waals surface area (Å²) in [4.78, 5) is 0.228. The molecule has 0 aliphatic carbocycles. The van der Waals surface area contributed by atoms with E-state index in [0.29, 0.717) is 16.4 Å². The fraction of sp³-hybridized carbons (Fsp3) is 0.0769. The Hall–Kier alpha value is -1.72. The molecule has 0 fully saturated rings. The van der Waals surface area contributed by atoms with E-state index in [2.05, 4.69) is 0 Å². The second-order valence-electron chi connectivity index (χ2n) is 3.99. The molecule has 6 heteroatoms. The smallest absolute Gasteiger partial charge is 0.264 e. The lowest BCUT2D eigenvalue weighted by Gasteiger charge is -2.20. The summed E-state index contributed by atoms with van der Waals surface area (Å²) in [5, 5.41) is 0.397. The van der Waals surface area contributed by atoms with Gasteiger partial charge in [-0.1, -0.05) is 29.8 Å². The molecule has 2 N–H and O–H groups in total. The van der Waals surface area contributed by atoms with E-state index in [1.54, 1.807) is 42.5 Å². The third-order valence-electron chi connectivity index (χ3n) is 2.74. The summed E-state index contributed by atoms with van der Waals surface area (Å²) < 4.78 is 25.9. The van der Waals surface area contributed by atoms with Gasteiger partial charge in [-0.15, -0.1) is 0 Å². The monoisotopic (exact) mass is 296 g/mol. The highest BCUT2D eigenvalue weighted by molar-refractivity contribution is 7.92. The zero-order valence-corrected chi connectivity index (χ0v) is 11.8. The minimum absolute atomic E-state index is 0.228. The molecule has 0 unspecified atom stereocenters. The maximum Gasteiger partial charge on any atom is 0.264 e. The maximum absolute atomic E-state index is 12.4. The van der Waals surface area contributed by atoms with Crippen LogP contribution >= 0.6 is 11.6 Å². The predicted molar refractivity (Wildman–Crippen MR) is 77.9 cm³/mol. The van der Waals surface area contributed by atoms with Gasteiger partial charge in [-0.25, -0.2) is 8.42 Å². The molecule has 0 saturated carbocycles. The van der Waals surface area contributed by atoms with Crippen LogP contribution in [0.3, 0.4) is 0 Å². The number of anilines is 2. The van der Waals surface area contributed by atoms with Crippen LogP contribution < -0.4 is 10.0 Å². The largest absolute Gasteiger partial charge is 0.397 e. The lowest BCUT2D eigenvalue weighted by atomic mass is 10.3. The zero-order chi connectivity index (χ0) is 14.0. The van der Waals surface area contributed by atoms with E-state index in [9.17, 15) is 8.42 Å². The van der Waals surface area contributed by atoms with Crippen molar-refractivity contribution in [2.24, 2.45) is 0 Å². The number of hydrogen-bond acceptors (Lipinski definition) is 3. The minimum atomic E-state index is -3.59. The molecule has 0 atom stereocenters. The molecule has 2 rings (SSSR count). The summed E-state index contributed by atoms with van der Waals surface area (Å²) in [7, 11) is -2.11. The first-order chi connectivity index (χ1) is 8.93. The third-order valence-corrected chi connectivity index (χ3v) is 4.89. The highest BCUT2D eigenvalue weighted by atomic mass is 35.5. The molecule has 0 heterocycles. The number of halogens is 1. The lowest BCUT2D eigenvalue weighted by molar-refractivity contribution is 0.594. The van der Waals surface area contributed by atoms with Gasteiger partial charge in [0.05, 0.1) is 21.3 Å². The van der Waals surface area contributed by atoms with Gasteiger partial charge in [0.1, 0.15) is 0 Å². The SMILES string of the molecule is CN(c1ccc(Cl)c(N)c1)S(=O)(=O)c1ccccc1. The number of nitrogen functional groups attached to an aromatic ring is 1. The molecule has 4 nitrogen and oxygen atoms in total. The van der Waals surface area contributed by atoms with E-state index < -0.39 is 10.0 Å². The fourth-order valence-corrected chi connectivity index (χ4v) is 2.94. The average molecular weight is 297 g/mol. The van der Waals surface area contributed by atoms with Gasteiger partial charge in [-0.3, -0.25) is 4.31 Å². The summed E-state index contributed by atoms with van der Waals surface area (Å²) in [6.07, 6.45) is 0. The Kier molecular flexibility index (Phi) is 3.68. The first kappa shape index (κ1) is 13.7. The van der Waals surface area contributed by atoms with E-state index in [0.717, 1.165) is 0 Å². The third kappa shape index (κ3) is 2.67. The predicted octanol–water partition coefficient (Wildman–Crippen LogP) is 2.75. The summed E-state index contributed by atoms with van der Waals surface area (Å²) in [6.45, 7) is 0. The van der Waals surface area contributed by atoms with E-state index in [4.69, 9.17) is 17.3 Å². The van der Waals surface area contributed by atoms with Crippen molar-refractivity contribution < 1.29 is 8.42 Å². The van der Waals surface area contributed by atoms with Crippen LogP contribution in [0.4, 0.5) is 11.4 Å². The van der Waals surface area contributed by atoms with Gasteiger partial charge < -0.3 is 5.73 Å². The Balaban J connectivity index is 2.44. The molecule has 2 aromatic rings. The van der Waals surface area contributed by atoms with E-state index >= 15 is 0 Å². The summed E-state index contributed by atoms with van der Waals surface area (Å²) in [5.41, 5.74) is 6.49. The molecule has 0 radical (unpaired) electrons. The molecular weight excluding hydrogens is 284 g/mol. The van der Waals surface area contributed by atoms with Crippen LogP contribution in [0.1, 0.15) is 0 Å². The molecule has 0 spiro atoms. The van der Waals surface area contributed by atoms with Crippen molar-refractivity contribution in [1.82, 2.24) is 0 Å². The minimum Gasteiger partial charge on any atom is -0.397 e. The fourth-order valence-electron chi connectivity index (χ4n) is 1.62. The Bertz CT molecular complexity index is 687. The molecule has 0 saturated heterocycles. The maximum atomic E-state index is 12.4. The standard InChI is InChI=1S/C13H13ClN2O2S/c1-16(10-7-8-12(14)13(15)9-10)19(17,18)11-5-3-2-4-6-11/h2-9H,15H2,1H3. The Labute approximate surface area is 117 Å². The van der Waals surface area contributed by atoms with E-state index in [1.807, 2.05) is 0 Å². The molecular formula is C13H13ClN2O2S. The van der Waals surface area contributed by atoms with Crippen LogP contribution in [0.15, 0.2) is 53.4 Å². The van der Waals surface area contributed by atoms with Gasteiger partial charge in [-0.05, 0) is 30.3 Å². The quantitative estimate of drug-likeness (QED) is 0.886. The molecule has 0 aromatic heterocycles. The highest BCUT2D eigenvalue weighted by Gasteiger charge is 2.21. The van der Waals surface area contributed by atoms with Gasteiger partial charge in [-0.2, -0.15) is 0 Å². The number of nitrogens with zero attached hydrogens (tertiary/aromatic N) is 1. The second kappa shape index (κ2) is 5.11. The van der Waals surface area contributed by atoms with Crippen molar-refractivity contribution in [2.75, 3.05) is 17.1 Å². The van der Waals surface area contributed by atoms with Gasteiger partial charge in [0, 0.05) is 7.05 Å². The number of nitrogens with two attached hydrogens (primary N) is 1. The molecule has 0 aliphatic rings. The van der Waals surface area contributed by atoms with Crippen LogP contribution in [-0.2, 0) is 10.0 Å². The van der Waals surface area contributed by atoms with Crippen molar-refractivity contribution in [1.29, 1.82) is 0 Å². The highest BCUT2D eigenvalue weighted by Crippen LogP contribution is 2.27. The van der Waals surface area contributed by atoms with Gasteiger partial charge in [0.2, 0.25) is 0 Å². The summed E-state index contributed by atoms with van der Waals surface area (Å²) in [5.74, 6) is 0. The summed E-state index contributed by atoms with van der Waals surface area (Å²) in [6, 6.07) is 12.9. The molecule has 100 valence electrons. The van der Waals surface area contributed by atoms with Crippen LogP contribution in [-0.4, -0.2) is 15.5 Å². The second-order valence-corrected chi connectivity index (χ2v) is 6.37. The van der Waals surface area contributed by atoms with E-state index in [1.165, 1.54) is 17.4 Å². The van der Waals surface area contributed by atoms with E-state index in [-0.39, 0.29) is 4.90 Å². The van der Waals surface area contributed by atoms with Crippen molar-refractivity contribution >= 4 is 33.0 Å². The molecule has 0 amide bonds. The molecule has 2 aromatic carbocycles. The van der Waals surface area contributed by atoms with Crippen LogP contribution in [0.5, 0.6) is 0 Å². The van der Waals surface area contributed by atoms with Gasteiger partial charge >= 0.3 is 0 Å². The van der Waals surface area contributed by atoms with Crippen LogP contribution in [0.2, 0.25) is 5.02 Å². The number of rotatable bonds is 3. The topological polar surface area (TPSA) is 63.4 Å². The Morgan fingerprint density at radius 3 is 2.32 bits per heavy atom. The first-order valence-corrected chi connectivity index (χ1v) is 7.34. The Morgan fingerprint density at radius 2 is 1.74 bits per heavy atom. The average Bonchev–Trinajstić information content (AvgIpc) is 2.42. The van der Waals surface area contributed by atoms with Gasteiger partial charge in [0.25, 0.3) is 10.0 Å². The number of sulfonamides is 1. The zero-order valence-electron chi connectivity index (χ0n) is 10.2. The van der Waals surface area contributed by atoms with Crippen molar-refractivity contribution in [2.45, 2.75) is 4.90 Å². The lowest BCUT2D eigenvalue weighted by Crippen LogP contribution is -2.26. The Morgan fingerprint density at radius 1 is 1.11 bits per heavy atom. The normalized spacial score (nSPS) is 11.3.